The first kappa shape index (κ1) is 27.6. The highest BCUT2D eigenvalue weighted by molar-refractivity contribution is 7.89. The first-order valence-corrected chi connectivity index (χ1v) is 15.3. The lowest BCUT2D eigenvalue weighted by Gasteiger charge is -2.38. The van der Waals surface area contributed by atoms with Gasteiger partial charge in [-0.1, -0.05) is 19.3 Å². The average Bonchev–Trinajstić information content (AvgIpc) is 2.99. The summed E-state index contributed by atoms with van der Waals surface area (Å²) in [6.45, 7) is 3.18. The monoisotopic (exact) mass is 557 g/mol. The predicted molar refractivity (Wildman–Crippen MR) is 149 cm³/mol. The van der Waals surface area contributed by atoms with Crippen LogP contribution in [0, 0.1) is 5.92 Å². The van der Waals surface area contributed by atoms with Crippen molar-refractivity contribution in [1.29, 1.82) is 0 Å². The fraction of sp³-hybridized carbons (Fsp3) is 0.552. The van der Waals surface area contributed by atoms with Gasteiger partial charge in [-0.25, -0.2) is 8.42 Å². The highest BCUT2D eigenvalue weighted by Gasteiger charge is 2.32. The van der Waals surface area contributed by atoms with Crippen LogP contribution in [0.4, 0.5) is 5.69 Å². The molecule has 0 radical (unpaired) electrons. The average molecular weight is 558 g/mol. The van der Waals surface area contributed by atoms with E-state index in [-0.39, 0.29) is 23.3 Å². The number of nitrogens with zero attached hydrogens (tertiary/aromatic N) is 3. The minimum Gasteiger partial charge on any atom is -0.495 e. The van der Waals surface area contributed by atoms with E-state index in [0.717, 1.165) is 42.5 Å². The molecule has 0 atom stereocenters. The Morgan fingerprint density at radius 2 is 1.44 bits per heavy atom. The van der Waals surface area contributed by atoms with E-state index in [1.165, 1.54) is 10.7 Å². The summed E-state index contributed by atoms with van der Waals surface area (Å²) < 4.78 is 45.6. The number of rotatable bonds is 7. The molecule has 1 saturated carbocycles. The van der Waals surface area contributed by atoms with Crippen molar-refractivity contribution in [3.63, 3.8) is 0 Å². The van der Waals surface area contributed by atoms with E-state index < -0.39 is 10.0 Å². The molecule has 10 heteroatoms. The van der Waals surface area contributed by atoms with Gasteiger partial charge >= 0.3 is 0 Å². The van der Waals surface area contributed by atoms with Gasteiger partial charge in [0.25, 0.3) is 0 Å². The predicted octanol–water partition coefficient (Wildman–Crippen LogP) is 3.69. The molecule has 39 heavy (non-hydrogen) atoms. The SMILES string of the molecule is COc1cc2c(cc1OC)CN(S(=O)(=O)c1ccc(OC)c(N3CCN(C(=O)C4CCCCC4)CC3)c1)CC2. The molecule has 9 nitrogen and oxygen atoms in total. The summed E-state index contributed by atoms with van der Waals surface area (Å²) in [4.78, 5) is 17.4. The lowest BCUT2D eigenvalue weighted by molar-refractivity contribution is -0.136. The number of carbonyl (C=O) groups excluding carboxylic acids is 1. The van der Waals surface area contributed by atoms with Gasteiger partial charge in [0.2, 0.25) is 15.9 Å². The van der Waals surface area contributed by atoms with Crippen molar-refractivity contribution < 1.29 is 27.4 Å². The topological polar surface area (TPSA) is 88.6 Å². The number of benzene rings is 2. The number of amides is 1. The first-order chi connectivity index (χ1) is 18.8. The third-order valence-corrected chi connectivity index (χ3v) is 10.2. The number of carbonyl (C=O) groups is 1. The van der Waals surface area contributed by atoms with Crippen molar-refractivity contribution in [2.45, 2.75) is 50.0 Å². The largest absolute Gasteiger partial charge is 0.495 e. The third kappa shape index (κ3) is 5.54. The van der Waals surface area contributed by atoms with Crippen molar-refractivity contribution in [1.82, 2.24) is 9.21 Å². The summed E-state index contributed by atoms with van der Waals surface area (Å²) in [7, 11) is 1.02. The van der Waals surface area contributed by atoms with Crippen LogP contribution in [0.1, 0.15) is 43.2 Å². The van der Waals surface area contributed by atoms with E-state index >= 15 is 0 Å². The van der Waals surface area contributed by atoms with E-state index in [2.05, 4.69) is 4.90 Å². The van der Waals surface area contributed by atoms with Gasteiger partial charge < -0.3 is 24.0 Å². The van der Waals surface area contributed by atoms with Crippen molar-refractivity contribution in [3.8, 4) is 17.2 Å². The third-order valence-electron chi connectivity index (χ3n) is 8.36. The Morgan fingerprint density at radius 3 is 2.08 bits per heavy atom. The number of methoxy groups -OCH3 is 3. The highest BCUT2D eigenvalue weighted by atomic mass is 32.2. The maximum Gasteiger partial charge on any atom is 0.243 e. The maximum atomic E-state index is 13.8. The Morgan fingerprint density at radius 1 is 0.795 bits per heavy atom. The quantitative estimate of drug-likeness (QED) is 0.513. The highest BCUT2D eigenvalue weighted by Crippen LogP contribution is 2.37. The van der Waals surface area contributed by atoms with E-state index in [9.17, 15) is 13.2 Å². The van der Waals surface area contributed by atoms with Crippen molar-refractivity contribution in [3.05, 3.63) is 41.5 Å². The molecule has 2 fully saturated rings. The van der Waals surface area contributed by atoms with Gasteiger partial charge in [-0.2, -0.15) is 4.31 Å². The molecule has 0 unspecified atom stereocenters. The zero-order valence-corrected chi connectivity index (χ0v) is 24.0. The number of piperazine rings is 1. The number of anilines is 1. The lowest BCUT2D eigenvalue weighted by atomic mass is 9.88. The van der Waals surface area contributed by atoms with Crippen LogP contribution in [0.15, 0.2) is 35.2 Å². The smallest absolute Gasteiger partial charge is 0.243 e. The Kier molecular flexibility index (Phi) is 8.23. The van der Waals surface area contributed by atoms with Crippen LogP contribution in [0.5, 0.6) is 17.2 Å². The normalized spacial score (nSPS) is 18.9. The zero-order valence-electron chi connectivity index (χ0n) is 23.1. The molecule has 2 aromatic rings. The van der Waals surface area contributed by atoms with E-state index in [1.54, 1.807) is 39.5 Å². The van der Waals surface area contributed by atoms with Crippen LogP contribution in [-0.2, 0) is 27.8 Å². The molecule has 1 saturated heterocycles. The second-order valence-electron chi connectivity index (χ2n) is 10.5. The van der Waals surface area contributed by atoms with Crippen molar-refractivity contribution in [2.24, 2.45) is 5.92 Å². The Balaban J connectivity index is 1.33. The summed E-state index contributed by atoms with van der Waals surface area (Å²) in [5, 5.41) is 0. The maximum absolute atomic E-state index is 13.8. The van der Waals surface area contributed by atoms with E-state index in [4.69, 9.17) is 14.2 Å². The molecular formula is C29H39N3O6S. The van der Waals surface area contributed by atoms with Gasteiger partial charge in [0, 0.05) is 45.2 Å². The van der Waals surface area contributed by atoms with Crippen LogP contribution in [0.2, 0.25) is 0 Å². The molecule has 3 aliphatic rings. The lowest BCUT2D eigenvalue weighted by Crippen LogP contribution is -2.50. The second kappa shape index (κ2) is 11.6. The van der Waals surface area contributed by atoms with Crippen molar-refractivity contribution >= 4 is 21.6 Å². The van der Waals surface area contributed by atoms with Crippen molar-refractivity contribution in [2.75, 3.05) is 59.0 Å². The summed E-state index contributed by atoms with van der Waals surface area (Å²) in [6, 6.07) is 8.86. The molecule has 0 aromatic heterocycles. The summed E-state index contributed by atoms with van der Waals surface area (Å²) >= 11 is 0. The van der Waals surface area contributed by atoms with Gasteiger partial charge in [0.15, 0.2) is 11.5 Å². The minimum absolute atomic E-state index is 0.157. The molecule has 1 amide bonds. The minimum atomic E-state index is -3.75. The Hall–Kier alpha value is -2.98. The molecule has 2 aromatic carbocycles. The fourth-order valence-corrected chi connectivity index (χ4v) is 7.50. The van der Waals surface area contributed by atoms with Crippen LogP contribution in [0.3, 0.4) is 0 Å². The van der Waals surface area contributed by atoms with E-state index in [1.807, 2.05) is 17.0 Å². The summed E-state index contributed by atoms with van der Waals surface area (Å²) in [6.07, 6.45) is 6.08. The van der Waals surface area contributed by atoms with Crippen LogP contribution >= 0.6 is 0 Å². The Bertz CT molecular complexity index is 1300. The molecule has 1 aliphatic carbocycles. The van der Waals surface area contributed by atoms with Gasteiger partial charge in [0.1, 0.15) is 5.75 Å². The standard InChI is InChI=1S/C29H39N3O6S/c1-36-26-10-9-24(19-25(26)30-13-15-31(16-14-30)29(33)21-7-5-4-6-8-21)39(34,35)32-12-11-22-17-27(37-2)28(38-3)18-23(22)20-32/h9-10,17-19,21H,4-8,11-16,20H2,1-3H3. The van der Waals surface area contributed by atoms with Crippen LogP contribution in [0.25, 0.3) is 0 Å². The molecular weight excluding hydrogens is 518 g/mol. The van der Waals surface area contributed by atoms with E-state index in [0.29, 0.717) is 56.4 Å². The van der Waals surface area contributed by atoms with Gasteiger partial charge in [-0.3, -0.25) is 4.79 Å². The number of sulfonamides is 1. The molecule has 0 bridgehead atoms. The second-order valence-corrected chi connectivity index (χ2v) is 12.5. The van der Waals surface area contributed by atoms with Crippen LogP contribution < -0.4 is 19.1 Å². The van der Waals surface area contributed by atoms with Gasteiger partial charge in [-0.15, -0.1) is 0 Å². The summed E-state index contributed by atoms with van der Waals surface area (Å²) in [5.41, 5.74) is 2.72. The molecule has 212 valence electrons. The molecule has 2 aliphatic heterocycles. The zero-order chi connectivity index (χ0) is 27.6. The number of ether oxygens (including phenoxy) is 3. The number of hydrogen-bond acceptors (Lipinski definition) is 7. The molecule has 0 N–H and O–H groups in total. The Labute approximate surface area is 231 Å². The molecule has 2 heterocycles. The number of hydrogen-bond donors (Lipinski definition) is 0. The number of fused-ring (bicyclic) bond motifs is 1. The van der Waals surface area contributed by atoms with Gasteiger partial charge in [-0.05, 0) is 60.7 Å². The fourth-order valence-electron chi connectivity index (χ4n) is 6.06. The van der Waals surface area contributed by atoms with Crippen LogP contribution in [-0.4, -0.2) is 77.6 Å². The first-order valence-electron chi connectivity index (χ1n) is 13.8. The molecule has 0 spiro atoms. The van der Waals surface area contributed by atoms with Gasteiger partial charge in [0.05, 0.1) is 31.9 Å². The molecule has 5 rings (SSSR count). The summed E-state index contributed by atoms with van der Waals surface area (Å²) in [5.74, 6) is 2.29.